The van der Waals surface area contributed by atoms with Crippen molar-refractivity contribution >= 4 is 22.9 Å². The van der Waals surface area contributed by atoms with Crippen molar-refractivity contribution in [3.8, 4) is 5.75 Å². The Labute approximate surface area is 128 Å². The number of nitrogen functional groups attached to an aromatic ring is 1. The molecule has 1 amide bonds. The predicted octanol–water partition coefficient (Wildman–Crippen LogP) is 2.62. The Morgan fingerprint density at radius 3 is 2.90 bits per heavy atom. The van der Waals surface area contributed by atoms with Gasteiger partial charge in [0, 0.05) is 11.1 Å². The van der Waals surface area contributed by atoms with Crippen LogP contribution in [0, 0.1) is 0 Å². The van der Waals surface area contributed by atoms with E-state index in [1.54, 1.807) is 29.5 Å². The average Bonchev–Trinajstić information content (AvgIpc) is 2.95. The van der Waals surface area contributed by atoms with E-state index in [0.717, 1.165) is 11.4 Å². The molecule has 0 fully saturated rings. The van der Waals surface area contributed by atoms with Crippen LogP contribution in [0.3, 0.4) is 0 Å². The zero-order valence-corrected chi connectivity index (χ0v) is 13.0. The zero-order valence-electron chi connectivity index (χ0n) is 12.2. The Kier molecular flexibility index (Phi) is 5.16. The Morgan fingerprint density at radius 1 is 1.43 bits per heavy atom. The summed E-state index contributed by atoms with van der Waals surface area (Å²) in [6.45, 7) is 4.80. The topological polar surface area (TPSA) is 77.2 Å². The van der Waals surface area contributed by atoms with Gasteiger partial charge in [-0.2, -0.15) is 0 Å². The first kappa shape index (κ1) is 15.3. The molecule has 2 rings (SSSR count). The maximum absolute atomic E-state index is 12.3. The molecule has 0 unspecified atom stereocenters. The molecule has 3 N–H and O–H groups in total. The number of carbonyl (C=O) groups is 1. The SMILES string of the molecule is CCOc1c(N)cccc1C(=O)NCc1ncc(CC)s1. The van der Waals surface area contributed by atoms with Crippen LogP contribution in [0.25, 0.3) is 0 Å². The van der Waals surface area contributed by atoms with Crippen LogP contribution in [0.1, 0.15) is 34.1 Å². The van der Waals surface area contributed by atoms with Gasteiger partial charge < -0.3 is 15.8 Å². The zero-order chi connectivity index (χ0) is 15.2. The first-order valence-electron chi connectivity index (χ1n) is 6.88. The summed E-state index contributed by atoms with van der Waals surface area (Å²) < 4.78 is 5.46. The Bertz CT molecular complexity index is 625. The van der Waals surface area contributed by atoms with Crippen molar-refractivity contribution in [1.82, 2.24) is 10.3 Å². The number of para-hydroxylation sites is 1. The van der Waals surface area contributed by atoms with Crippen molar-refractivity contribution in [2.75, 3.05) is 12.3 Å². The highest BCUT2D eigenvalue weighted by Gasteiger charge is 2.15. The average molecular weight is 305 g/mol. The third-order valence-corrected chi connectivity index (χ3v) is 4.07. The molecule has 0 aliphatic rings. The number of thiazole rings is 1. The van der Waals surface area contributed by atoms with Crippen molar-refractivity contribution in [2.45, 2.75) is 26.8 Å². The molecule has 0 aliphatic heterocycles. The van der Waals surface area contributed by atoms with Crippen molar-refractivity contribution in [3.05, 3.63) is 39.8 Å². The summed E-state index contributed by atoms with van der Waals surface area (Å²) in [5, 5.41) is 3.74. The Hall–Kier alpha value is -2.08. The number of nitrogens with one attached hydrogen (secondary N) is 1. The highest BCUT2D eigenvalue weighted by molar-refractivity contribution is 7.11. The highest BCUT2D eigenvalue weighted by Crippen LogP contribution is 2.26. The molecule has 0 aliphatic carbocycles. The number of anilines is 1. The molecular formula is C15H19N3O2S. The van der Waals surface area contributed by atoms with Gasteiger partial charge in [-0.1, -0.05) is 13.0 Å². The third kappa shape index (κ3) is 3.72. The van der Waals surface area contributed by atoms with Crippen molar-refractivity contribution in [3.63, 3.8) is 0 Å². The van der Waals surface area contributed by atoms with Crippen LogP contribution in [-0.4, -0.2) is 17.5 Å². The molecule has 5 nitrogen and oxygen atoms in total. The third-order valence-electron chi connectivity index (χ3n) is 2.93. The van der Waals surface area contributed by atoms with Gasteiger partial charge in [0.05, 0.1) is 24.4 Å². The summed E-state index contributed by atoms with van der Waals surface area (Å²) in [5.41, 5.74) is 6.77. The van der Waals surface area contributed by atoms with E-state index >= 15 is 0 Å². The molecule has 0 saturated heterocycles. The summed E-state index contributed by atoms with van der Waals surface area (Å²) in [7, 11) is 0. The van der Waals surface area contributed by atoms with E-state index < -0.39 is 0 Å². The molecular weight excluding hydrogens is 286 g/mol. The highest BCUT2D eigenvalue weighted by atomic mass is 32.1. The lowest BCUT2D eigenvalue weighted by Gasteiger charge is -2.12. The predicted molar refractivity (Wildman–Crippen MR) is 84.7 cm³/mol. The maximum Gasteiger partial charge on any atom is 0.255 e. The van der Waals surface area contributed by atoms with Crippen LogP contribution < -0.4 is 15.8 Å². The minimum Gasteiger partial charge on any atom is -0.491 e. The second-order valence-electron chi connectivity index (χ2n) is 4.41. The van der Waals surface area contributed by atoms with Crippen molar-refractivity contribution in [2.24, 2.45) is 0 Å². The molecule has 112 valence electrons. The summed E-state index contributed by atoms with van der Waals surface area (Å²) >= 11 is 1.61. The molecule has 21 heavy (non-hydrogen) atoms. The van der Waals surface area contributed by atoms with Gasteiger partial charge in [-0.3, -0.25) is 4.79 Å². The number of rotatable bonds is 6. The normalized spacial score (nSPS) is 10.4. The quantitative estimate of drug-likeness (QED) is 0.804. The molecule has 0 radical (unpaired) electrons. The minimum absolute atomic E-state index is 0.209. The van der Waals surface area contributed by atoms with Gasteiger partial charge in [0.1, 0.15) is 5.01 Å². The number of benzene rings is 1. The monoisotopic (exact) mass is 305 g/mol. The number of nitrogens with two attached hydrogens (primary N) is 1. The molecule has 0 bridgehead atoms. The van der Waals surface area contributed by atoms with Gasteiger partial charge in [0.2, 0.25) is 0 Å². The van der Waals surface area contributed by atoms with E-state index in [0.29, 0.717) is 30.2 Å². The lowest BCUT2D eigenvalue weighted by atomic mass is 10.1. The fraction of sp³-hybridized carbons (Fsp3) is 0.333. The van der Waals surface area contributed by atoms with Gasteiger partial charge in [0.25, 0.3) is 5.91 Å². The number of nitrogens with zero attached hydrogens (tertiary/aromatic N) is 1. The first-order chi connectivity index (χ1) is 10.2. The van der Waals surface area contributed by atoms with Gasteiger partial charge in [-0.25, -0.2) is 4.98 Å². The van der Waals surface area contributed by atoms with E-state index in [1.807, 2.05) is 13.1 Å². The van der Waals surface area contributed by atoms with Crippen LogP contribution in [0.4, 0.5) is 5.69 Å². The smallest absolute Gasteiger partial charge is 0.255 e. The number of aryl methyl sites for hydroxylation is 1. The van der Waals surface area contributed by atoms with E-state index in [-0.39, 0.29) is 5.91 Å². The van der Waals surface area contributed by atoms with Gasteiger partial charge >= 0.3 is 0 Å². The molecule has 6 heteroatoms. The first-order valence-corrected chi connectivity index (χ1v) is 7.70. The minimum atomic E-state index is -0.209. The van der Waals surface area contributed by atoms with Gasteiger partial charge in [-0.05, 0) is 25.5 Å². The Balaban J connectivity index is 2.08. The molecule has 1 heterocycles. The molecule has 0 spiro atoms. The van der Waals surface area contributed by atoms with Crippen LogP contribution in [-0.2, 0) is 13.0 Å². The van der Waals surface area contributed by atoms with Crippen LogP contribution in [0.15, 0.2) is 24.4 Å². The number of aromatic nitrogens is 1. The van der Waals surface area contributed by atoms with Crippen molar-refractivity contribution < 1.29 is 9.53 Å². The number of hydrogen-bond donors (Lipinski definition) is 2. The van der Waals surface area contributed by atoms with Gasteiger partial charge in [0.15, 0.2) is 5.75 Å². The van der Waals surface area contributed by atoms with E-state index in [2.05, 4.69) is 17.2 Å². The largest absolute Gasteiger partial charge is 0.491 e. The molecule has 1 aromatic carbocycles. The second-order valence-corrected chi connectivity index (χ2v) is 5.61. The summed E-state index contributed by atoms with van der Waals surface area (Å²) in [6.07, 6.45) is 2.80. The van der Waals surface area contributed by atoms with E-state index in [1.165, 1.54) is 4.88 Å². The fourth-order valence-electron chi connectivity index (χ4n) is 1.88. The van der Waals surface area contributed by atoms with Gasteiger partial charge in [-0.15, -0.1) is 11.3 Å². The standard InChI is InChI=1S/C15H19N3O2S/c1-3-10-8-17-13(21-10)9-18-15(19)11-6-5-7-12(16)14(11)20-4-2/h5-8H,3-4,9,16H2,1-2H3,(H,18,19). The number of ether oxygens (including phenoxy) is 1. The second kappa shape index (κ2) is 7.08. The fourth-order valence-corrected chi connectivity index (χ4v) is 2.69. The Morgan fingerprint density at radius 2 is 2.24 bits per heavy atom. The maximum atomic E-state index is 12.3. The summed E-state index contributed by atoms with van der Waals surface area (Å²) in [6, 6.07) is 5.16. The number of amides is 1. The lowest BCUT2D eigenvalue weighted by molar-refractivity contribution is 0.0947. The molecule has 0 saturated carbocycles. The molecule has 2 aromatic rings. The van der Waals surface area contributed by atoms with E-state index in [9.17, 15) is 4.79 Å². The molecule has 1 aromatic heterocycles. The number of carbonyl (C=O) groups excluding carboxylic acids is 1. The summed E-state index contributed by atoms with van der Waals surface area (Å²) in [5.74, 6) is 0.227. The lowest BCUT2D eigenvalue weighted by Crippen LogP contribution is -2.23. The summed E-state index contributed by atoms with van der Waals surface area (Å²) in [4.78, 5) is 17.8. The van der Waals surface area contributed by atoms with Crippen molar-refractivity contribution in [1.29, 1.82) is 0 Å². The van der Waals surface area contributed by atoms with E-state index in [4.69, 9.17) is 10.5 Å². The van der Waals surface area contributed by atoms with Crippen LogP contribution >= 0.6 is 11.3 Å². The number of hydrogen-bond acceptors (Lipinski definition) is 5. The van der Waals surface area contributed by atoms with Crippen LogP contribution in [0.5, 0.6) is 5.75 Å². The van der Waals surface area contributed by atoms with Crippen LogP contribution in [0.2, 0.25) is 0 Å². The molecule has 0 atom stereocenters.